The van der Waals surface area contributed by atoms with Crippen molar-refractivity contribution in [1.82, 2.24) is 4.90 Å². The fourth-order valence-electron chi connectivity index (χ4n) is 1.61. The lowest BCUT2D eigenvalue weighted by molar-refractivity contribution is 0.269. The Kier molecular flexibility index (Phi) is 4.62. The van der Waals surface area contributed by atoms with Crippen LogP contribution in [-0.4, -0.2) is 24.0 Å². The number of nitrogens with zero attached hydrogens (tertiary/aromatic N) is 1. The molecule has 0 aromatic carbocycles. The highest BCUT2D eigenvalue weighted by Crippen LogP contribution is 2.15. The molecule has 10 heavy (non-hydrogen) atoms. The van der Waals surface area contributed by atoms with Crippen LogP contribution in [0.3, 0.4) is 0 Å². The van der Waals surface area contributed by atoms with Gasteiger partial charge >= 0.3 is 0 Å². The van der Waals surface area contributed by atoms with Gasteiger partial charge < -0.3 is 4.90 Å². The predicted molar refractivity (Wildman–Crippen MR) is 43.1 cm³/mol. The van der Waals surface area contributed by atoms with E-state index >= 15 is 0 Å². The lowest BCUT2D eigenvalue weighted by Gasteiger charge is -2.19. The van der Waals surface area contributed by atoms with Crippen molar-refractivity contribution in [3.63, 3.8) is 0 Å². The largest absolute Gasteiger partial charge is 0.301 e. The molecule has 1 atom stereocenters. The zero-order chi connectivity index (χ0) is 6.69. The standard InChI is InChI=1S/C8H17N.FH/c1-3-6-9-7-4-5-8(9)2;/h8H,3-7H2,1-2H3;1H. The fourth-order valence-corrected chi connectivity index (χ4v) is 1.61. The summed E-state index contributed by atoms with van der Waals surface area (Å²) in [5.41, 5.74) is 0. The summed E-state index contributed by atoms with van der Waals surface area (Å²) in [5.74, 6) is 0. The van der Waals surface area contributed by atoms with Crippen LogP contribution < -0.4 is 0 Å². The van der Waals surface area contributed by atoms with E-state index < -0.39 is 0 Å². The third-order valence-electron chi connectivity index (χ3n) is 2.20. The minimum Gasteiger partial charge on any atom is -0.301 e. The highest BCUT2D eigenvalue weighted by Gasteiger charge is 2.17. The summed E-state index contributed by atoms with van der Waals surface area (Å²) in [6.45, 7) is 7.24. The summed E-state index contributed by atoms with van der Waals surface area (Å²) in [6.07, 6.45) is 4.14. The monoisotopic (exact) mass is 147 g/mol. The number of likely N-dealkylation sites (tertiary alicyclic amines) is 1. The zero-order valence-corrected chi connectivity index (χ0v) is 6.97. The summed E-state index contributed by atoms with van der Waals surface area (Å²) in [4.78, 5) is 2.58. The van der Waals surface area contributed by atoms with Crippen LogP contribution in [0.1, 0.15) is 33.1 Å². The molecule has 0 aliphatic carbocycles. The lowest BCUT2D eigenvalue weighted by atomic mass is 10.2. The molecule has 1 unspecified atom stereocenters. The van der Waals surface area contributed by atoms with Crippen molar-refractivity contribution in [3.05, 3.63) is 0 Å². The summed E-state index contributed by atoms with van der Waals surface area (Å²) < 4.78 is 0. The van der Waals surface area contributed by atoms with Gasteiger partial charge in [-0.3, -0.25) is 4.70 Å². The van der Waals surface area contributed by atoms with Gasteiger partial charge in [0.05, 0.1) is 0 Å². The molecule has 1 fully saturated rings. The van der Waals surface area contributed by atoms with Gasteiger partial charge in [0, 0.05) is 6.04 Å². The van der Waals surface area contributed by atoms with Crippen molar-refractivity contribution in [2.45, 2.75) is 39.2 Å². The third-order valence-corrected chi connectivity index (χ3v) is 2.20. The zero-order valence-electron chi connectivity index (χ0n) is 6.97. The molecule has 1 aliphatic rings. The molecule has 2 heteroatoms. The topological polar surface area (TPSA) is 3.24 Å². The maximum absolute atomic E-state index is 2.58. The number of rotatable bonds is 2. The average molecular weight is 147 g/mol. The molecule has 1 heterocycles. The lowest BCUT2D eigenvalue weighted by Crippen LogP contribution is -2.27. The van der Waals surface area contributed by atoms with Gasteiger partial charge in [-0.15, -0.1) is 0 Å². The summed E-state index contributed by atoms with van der Waals surface area (Å²) in [7, 11) is 0. The van der Waals surface area contributed by atoms with Gasteiger partial charge in [-0.05, 0) is 39.3 Å². The molecule has 0 saturated carbocycles. The van der Waals surface area contributed by atoms with Crippen molar-refractivity contribution in [2.24, 2.45) is 0 Å². The molecule has 0 aromatic heterocycles. The molecule has 0 N–H and O–H groups in total. The SMILES string of the molecule is CCCN1CCCC1C.F. The van der Waals surface area contributed by atoms with Crippen LogP contribution in [-0.2, 0) is 0 Å². The van der Waals surface area contributed by atoms with Gasteiger partial charge in [0.15, 0.2) is 0 Å². The van der Waals surface area contributed by atoms with E-state index in [1.165, 1.54) is 32.4 Å². The van der Waals surface area contributed by atoms with Gasteiger partial charge in [0.1, 0.15) is 0 Å². The van der Waals surface area contributed by atoms with E-state index in [0.29, 0.717) is 0 Å². The van der Waals surface area contributed by atoms with Crippen LogP contribution in [0, 0.1) is 0 Å². The normalized spacial score (nSPS) is 26.4. The van der Waals surface area contributed by atoms with Crippen molar-refractivity contribution in [3.8, 4) is 0 Å². The second-order valence-electron chi connectivity index (χ2n) is 3.03. The first-order chi connectivity index (χ1) is 4.34. The van der Waals surface area contributed by atoms with Crippen LogP contribution in [0.25, 0.3) is 0 Å². The van der Waals surface area contributed by atoms with Crippen LogP contribution in [0.2, 0.25) is 0 Å². The highest BCUT2D eigenvalue weighted by atomic mass is 19.0. The minimum absolute atomic E-state index is 0. The van der Waals surface area contributed by atoms with E-state index in [4.69, 9.17) is 0 Å². The Bertz CT molecular complexity index is 85.3. The average Bonchev–Trinajstić information content (AvgIpc) is 2.18. The van der Waals surface area contributed by atoms with Crippen LogP contribution in [0.5, 0.6) is 0 Å². The van der Waals surface area contributed by atoms with Crippen molar-refractivity contribution >= 4 is 0 Å². The van der Waals surface area contributed by atoms with Crippen molar-refractivity contribution in [1.29, 1.82) is 0 Å². The second-order valence-corrected chi connectivity index (χ2v) is 3.03. The number of hydrogen-bond donors (Lipinski definition) is 0. The molecular formula is C8H18FN. The third kappa shape index (κ3) is 2.25. The Morgan fingerprint density at radius 1 is 1.50 bits per heavy atom. The van der Waals surface area contributed by atoms with Gasteiger partial charge in [0.25, 0.3) is 0 Å². The molecule has 62 valence electrons. The van der Waals surface area contributed by atoms with Crippen molar-refractivity contribution in [2.75, 3.05) is 13.1 Å². The number of hydrogen-bond acceptors (Lipinski definition) is 1. The van der Waals surface area contributed by atoms with E-state index in [1.807, 2.05) is 0 Å². The maximum Gasteiger partial charge on any atom is 0.00673 e. The Morgan fingerprint density at radius 2 is 2.20 bits per heavy atom. The van der Waals surface area contributed by atoms with Gasteiger partial charge in [-0.2, -0.15) is 0 Å². The van der Waals surface area contributed by atoms with Crippen LogP contribution in [0.15, 0.2) is 0 Å². The fraction of sp³-hybridized carbons (Fsp3) is 1.00. The molecule has 0 aromatic rings. The molecule has 0 bridgehead atoms. The van der Waals surface area contributed by atoms with Crippen LogP contribution >= 0.6 is 0 Å². The molecule has 1 rings (SSSR count). The smallest absolute Gasteiger partial charge is 0.00673 e. The molecule has 0 radical (unpaired) electrons. The first kappa shape index (κ1) is 9.89. The van der Waals surface area contributed by atoms with E-state index in [2.05, 4.69) is 18.7 Å². The second kappa shape index (κ2) is 4.67. The van der Waals surface area contributed by atoms with Gasteiger partial charge in [-0.25, -0.2) is 0 Å². The Hall–Kier alpha value is -0.110. The highest BCUT2D eigenvalue weighted by molar-refractivity contribution is 4.73. The molecule has 0 amide bonds. The predicted octanol–water partition coefficient (Wildman–Crippen LogP) is 2.03. The number of halogens is 1. The summed E-state index contributed by atoms with van der Waals surface area (Å²) in [6, 6.07) is 0.866. The van der Waals surface area contributed by atoms with Crippen LogP contribution in [0.4, 0.5) is 4.70 Å². The van der Waals surface area contributed by atoms with Gasteiger partial charge in [0.2, 0.25) is 0 Å². The van der Waals surface area contributed by atoms with E-state index in [1.54, 1.807) is 0 Å². The molecule has 0 spiro atoms. The Morgan fingerprint density at radius 3 is 2.60 bits per heavy atom. The van der Waals surface area contributed by atoms with Gasteiger partial charge in [-0.1, -0.05) is 6.92 Å². The Balaban J connectivity index is 0.000000810. The molecule has 1 nitrogen and oxygen atoms in total. The first-order valence-corrected chi connectivity index (χ1v) is 4.08. The Labute approximate surface area is 62.8 Å². The maximum atomic E-state index is 2.58. The van der Waals surface area contributed by atoms with E-state index in [-0.39, 0.29) is 4.70 Å². The van der Waals surface area contributed by atoms with Crippen molar-refractivity contribution < 1.29 is 4.70 Å². The molecular weight excluding hydrogens is 129 g/mol. The molecule has 1 saturated heterocycles. The summed E-state index contributed by atoms with van der Waals surface area (Å²) >= 11 is 0. The first-order valence-electron chi connectivity index (χ1n) is 4.08. The minimum atomic E-state index is 0. The van der Waals surface area contributed by atoms with E-state index in [9.17, 15) is 0 Å². The van der Waals surface area contributed by atoms with E-state index in [0.717, 1.165) is 6.04 Å². The molecule has 1 aliphatic heterocycles. The quantitative estimate of drug-likeness (QED) is 0.577. The summed E-state index contributed by atoms with van der Waals surface area (Å²) in [5, 5.41) is 0.